The molecule has 0 aliphatic carbocycles. The van der Waals surface area contributed by atoms with Crippen molar-refractivity contribution in [3.05, 3.63) is 35.9 Å². The number of carbonyl (C=O) groups is 4. The van der Waals surface area contributed by atoms with Crippen molar-refractivity contribution < 1.29 is 33.1 Å². The van der Waals surface area contributed by atoms with Gasteiger partial charge in [0.05, 0.1) is 26.4 Å². The molecule has 0 aromatic heterocycles. The van der Waals surface area contributed by atoms with Crippen molar-refractivity contribution in [3.63, 3.8) is 0 Å². The van der Waals surface area contributed by atoms with Gasteiger partial charge in [0, 0.05) is 26.1 Å². The van der Waals surface area contributed by atoms with Crippen molar-refractivity contribution in [2.75, 3.05) is 39.5 Å². The number of hydrogen-bond acceptors (Lipinski definition) is 5. The van der Waals surface area contributed by atoms with Crippen molar-refractivity contribution in [3.8, 4) is 0 Å². The van der Waals surface area contributed by atoms with Crippen LogP contribution < -0.4 is 5.32 Å². The van der Waals surface area contributed by atoms with E-state index in [4.69, 9.17) is 0 Å². The lowest BCUT2D eigenvalue weighted by Gasteiger charge is -2.55. The number of nitrogens with one attached hydrogen (secondary N) is 1. The van der Waals surface area contributed by atoms with Gasteiger partial charge >= 0.3 is 12.0 Å². The molecule has 39 heavy (non-hydrogen) atoms. The molecule has 216 valence electrons. The number of amides is 4. The molecule has 1 unspecified atom stereocenters. The van der Waals surface area contributed by atoms with E-state index in [9.17, 15) is 33.1 Å². The highest BCUT2D eigenvalue weighted by atomic mass is 19.1. The lowest BCUT2D eigenvalue weighted by atomic mass is 9.95. The number of hydrazine groups is 1. The van der Waals surface area contributed by atoms with Crippen molar-refractivity contribution in [2.24, 2.45) is 5.92 Å². The Hall–Kier alpha value is -3.28. The highest BCUT2D eigenvalue weighted by Gasteiger charge is 2.51. The maximum atomic E-state index is 13.6. The number of rotatable bonds is 14. The van der Waals surface area contributed by atoms with Crippen LogP contribution in [0.3, 0.4) is 0 Å². The van der Waals surface area contributed by atoms with Gasteiger partial charge < -0.3 is 20.2 Å². The van der Waals surface area contributed by atoms with Gasteiger partial charge in [-0.3, -0.25) is 23.2 Å². The minimum Gasteiger partial charge on any atom is -0.481 e. The number of hydrogen-bond donors (Lipinski definition) is 2. The van der Waals surface area contributed by atoms with Crippen LogP contribution in [-0.2, 0) is 20.9 Å². The lowest BCUT2D eigenvalue weighted by Crippen LogP contribution is -2.76. The molecular formula is C27H39F2N5O5. The largest absolute Gasteiger partial charge is 0.481 e. The standard InChI is InChI=1S/C27H39F2N5O5/c1-2-32-19-24(35)33-22(11-12-25(36)37)26(38)31(17-21(13-15-29)10-6-7-14-28)18-23(33)34(32)27(39)30-16-20-8-4-3-5-9-20/h3-5,8-9,21-23H,2,6-7,10-19H2,1H3,(H,30,39)(H,36,37)/t21?,22-,23-/m0/s1. The number of urea groups is 1. The fourth-order valence-corrected chi connectivity index (χ4v) is 5.34. The van der Waals surface area contributed by atoms with Gasteiger partial charge in [0.25, 0.3) is 0 Å². The Kier molecular flexibility index (Phi) is 11.5. The molecule has 3 atom stereocenters. The first-order valence-corrected chi connectivity index (χ1v) is 13.6. The SMILES string of the molecule is CCN1CC(=O)N2[C@@H](CCC(=O)O)C(=O)N(CC(CCF)CCCCF)C[C@@H]2N1C(=O)NCc1ccccc1. The van der Waals surface area contributed by atoms with Gasteiger partial charge in [-0.15, -0.1) is 0 Å². The number of aliphatic carboxylic acids is 1. The molecule has 1 aromatic rings. The molecule has 2 fully saturated rings. The number of fused-ring (bicyclic) bond motifs is 1. The zero-order valence-corrected chi connectivity index (χ0v) is 22.4. The molecule has 0 spiro atoms. The topological polar surface area (TPSA) is 114 Å². The molecule has 10 nitrogen and oxygen atoms in total. The van der Waals surface area contributed by atoms with Gasteiger partial charge in [-0.05, 0) is 37.2 Å². The van der Waals surface area contributed by atoms with Crippen LogP contribution in [0.4, 0.5) is 13.6 Å². The number of carbonyl (C=O) groups excluding carboxylic acids is 3. The summed E-state index contributed by atoms with van der Waals surface area (Å²) in [6.07, 6.45) is 0.353. The summed E-state index contributed by atoms with van der Waals surface area (Å²) in [5.41, 5.74) is 0.890. The van der Waals surface area contributed by atoms with E-state index in [1.54, 1.807) is 5.01 Å². The minimum absolute atomic E-state index is 0.00922. The van der Waals surface area contributed by atoms with Crippen molar-refractivity contribution in [2.45, 2.75) is 64.2 Å². The Morgan fingerprint density at radius 1 is 1.10 bits per heavy atom. The van der Waals surface area contributed by atoms with E-state index in [0.717, 1.165) is 5.56 Å². The molecule has 2 aliphatic rings. The van der Waals surface area contributed by atoms with Crippen LogP contribution in [0, 0.1) is 5.92 Å². The predicted molar refractivity (Wildman–Crippen MR) is 140 cm³/mol. The number of alkyl halides is 2. The van der Waals surface area contributed by atoms with Crippen LogP contribution in [-0.4, -0.2) is 100 Å². The smallest absolute Gasteiger partial charge is 0.334 e. The molecule has 3 rings (SSSR count). The van der Waals surface area contributed by atoms with Crippen LogP contribution in [0.5, 0.6) is 0 Å². The first-order valence-electron chi connectivity index (χ1n) is 13.6. The number of benzene rings is 1. The Balaban J connectivity index is 1.89. The number of piperazine rings is 1. The summed E-state index contributed by atoms with van der Waals surface area (Å²) >= 11 is 0. The summed E-state index contributed by atoms with van der Waals surface area (Å²) in [5, 5.41) is 15.3. The molecule has 0 saturated carbocycles. The normalized spacial score (nSPS) is 20.6. The highest BCUT2D eigenvalue weighted by Crippen LogP contribution is 2.30. The van der Waals surface area contributed by atoms with Crippen LogP contribution in [0.25, 0.3) is 0 Å². The molecule has 0 radical (unpaired) electrons. The summed E-state index contributed by atoms with van der Waals surface area (Å²) in [4.78, 5) is 54.6. The molecule has 12 heteroatoms. The van der Waals surface area contributed by atoms with E-state index < -0.39 is 43.5 Å². The molecule has 2 saturated heterocycles. The zero-order chi connectivity index (χ0) is 28.4. The van der Waals surface area contributed by atoms with Gasteiger partial charge in [-0.25, -0.2) is 14.8 Å². The quantitative estimate of drug-likeness (QED) is 0.344. The Labute approximate surface area is 227 Å². The number of likely N-dealkylation sites (N-methyl/N-ethyl adjacent to an activating group) is 1. The molecule has 2 heterocycles. The van der Waals surface area contributed by atoms with Gasteiger partial charge in [0.2, 0.25) is 11.8 Å². The summed E-state index contributed by atoms with van der Waals surface area (Å²) in [5.74, 6) is -2.10. The Bertz CT molecular complexity index is 985. The number of carboxylic acid groups (broad SMARTS) is 1. The highest BCUT2D eigenvalue weighted by molar-refractivity contribution is 5.91. The molecular weight excluding hydrogens is 512 g/mol. The van der Waals surface area contributed by atoms with E-state index in [0.29, 0.717) is 25.8 Å². The second-order valence-corrected chi connectivity index (χ2v) is 9.97. The fourth-order valence-electron chi connectivity index (χ4n) is 5.34. The maximum Gasteiger partial charge on any atom is 0.334 e. The van der Waals surface area contributed by atoms with E-state index >= 15 is 0 Å². The zero-order valence-electron chi connectivity index (χ0n) is 22.4. The third kappa shape index (κ3) is 7.87. The van der Waals surface area contributed by atoms with Crippen molar-refractivity contribution in [1.29, 1.82) is 0 Å². The maximum absolute atomic E-state index is 13.6. The number of unbranched alkanes of at least 4 members (excludes halogenated alkanes) is 1. The van der Waals surface area contributed by atoms with Crippen LogP contribution in [0.1, 0.15) is 51.0 Å². The number of carboxylic acids is 1. The summed E-state index contributed by atoms with van der Waals surface area (Å²) in [6.45, 7) is 1.44. The third-order valence-electron chi connectivity index (χ3n) is 7.31. The monoisotopic (exact) mass is 551 g/mol. The average Bonchev–Trinajstić information content (AvgIpc) is 2.92. The van der Waals surface area contributed by atoms with Gasteiger partial charge in [0.1, 0.15) is 12.2 Å². The summed E-state index contributed by atoms with van der Waals surface area (Å²) in [6, 6.07) is 7.84. The molecule has 4 amide bonds. The first kappa shape index (κ1) is 30.3. The van der Waals surface area contributed by atoms with E-state index in [-0.39, 0.29) is 57.3 Å². The Morgan fingerprint density at radius 3 is 2.49 bits per heavy atom. The summed E-state index contributed by atoms with van der Waals surface area (Å²) < 4.78 is 26.0. The average molecular weight is 552 g/mol. The molecule has 2 N–H and O–H groups in total. The minimum atomic E-state index is -1.10. The molecule has 2 aliphatic heterocycles. The fraction of sp³-hybridized carbons (Fsp3) is 0.630. The van der Waals surface area contributed by atoms with E-state index in [1.165, 1.54) is 14.8 Å². The van der Waals surface area contributed by atoms with E-state index in [1.807, 2.05) is 37.3 Å². The van der Waals surface area contributed by atoms with Crippen LogP contribution >= 0.6 is 0 Å². The summed E-state index contributed by atoms with van der Waals surface area (Å²) in [7, 11) is 0. The van der Waals surface area contributed by atoms with Crippen molar-refractivity contribution >= 4 is 23.8 Å². The van der Waals surface area contributed by atoms with Gasteiger partial charge in [-0.1, -0.05) is 43.7 Å². The molecule has 0 bridgehead atoms. The van der Waals surface area contributed by atoms with Crippen LogP contribution in [0.15, 0.2) is 30.3 Å². The lowest BCUT2D eigenvalue weighted by molar-refractivity contribution is -0.191. The Morgan fingerprint density at radius 2 is 1.85 bits per heavy atom. The van der Waals surface area contributed by atoms with E-state index in [2.05, 4.69) is 5.32 Å². The molecule has 1 aromatic carbocycles. The third-order valence-corrected chi connectivity index (χ3v) is 7.31. The van der Waals surface area contributed by atoms with Crippen LogP contribution in [0.2, 0.25) is 0 Å². The van der Waals surface area contributed by atoms with Gasteiger partial charge in [-0.2, -0.15) is 0 Å². The number of nitrogens with zero attached hydrogens (tertiary/aromatic N) is 4. The van der Waals surface area contributed by atoms with Gasteiger partial charge in [0.15, 0.2) is 0 Å². The second-order valence-electron chi connectivity index (χ2n) is 9.97. The van der Waals surface area contributed by atoms with Crippen molar-refractivity contribution in [1.82, 2.24) is 25.1 Å². The predicted octanol–water partition coefficient (Wildman–Crippen LogP) is 2.79. The number of halogens is 2. The second kappa shape index (κ2) is 14.8. The first-order chi connectivity index (χ1) is 18.8.